The molecule has 0 aromatic carbocycles. The maximum Gasteiger partial charge on any atom is 0.355 e. The number of likely N-dealkylation sites (tertiary alicyclic amines) is 1. The highest BCUT2D eigenvalue weighted by Crippen LogP contribution is 2.24. The van der Waals surface area contributed by atoms with Crippen molar-refractivity contribution in [3.63, 3.8) is 0 Å². The van der Waals surface area contributed by atoms with E-state index in [9.17, 15) is 9.59 Å². The van der Waals surface area contributed by atoms with Crippen molar-refractivity contribution < 1.29 is 19.4 Å². The number of thiazole rings is 1. The number of carbonyl (C=O) groups excluding carboxylic acids is 1. The molecule has 2 saturated heterocycles. The third-order valence-electron chi connectivity index (χ3n) is 4.80. The number of thioether (sulfide) groups is 1. The number of rotatable bonds is 10. The van der Waals surface area contributed by atoms with Crippen LogP contribution >= 0.6 is 23.1 Å². The summed E-state index contributed by atoms with van der Waals surface area (Å²) < 4.78 is 6.09. The molecule has 3 rings (SSSR count). The second-order valence-electron chi connectivity index (χ2n) is 6.59. The van der Waals surface area contributed by atoms with Crippen LogP contribution in [0.1, 0.15) is 23.3 Å². The molecule has 3 heterocycles. The molecule has 2 N–H and O–H groups in total. The molecule has 27 heavy (non-hydrogen) atoms. The minimum Gasteiger partial charge on any atom is -0.476 e. The zero-order chi connectivity index (χ0) is 19.1. The highest BCUT2D eigenvalue weighted by molar-refractivity contribution is 8.01. The molecule has 0 aliphatic carbocycles. The molecule has 0 radical (unpaired) electrons. The Kier molecular flexibility index (Phi) is 7.89. The van der Waals surface area contributed by atoms with Crippen LogP contribution in [0.3, 0.4) is 0 Å². The number of nitrogens with zero attached hydrogens (tertiary/aromatic N) is 3. The lowest BCUT2D eigenvalue weighted by Gasteiger charge is -2.28. The van der Waals surface area contributed by atoms with E-state index in [0.717, 1.165) is 62.5 Å². The fourth-order valence-electron chi connectivity index (χ4n) is 3.30. The summed E-state index contributed by atoms with van der Waals surface area (Å²) >= 11 is 2.84. The molecular formula is C17H26N4O4S2. The van der Waals surface area contributed by atoms with Crippen molar-refractivity contribution in [2.24, 2.45) is 0 Å². The summed E-state index contributed by atoms with van der Waals surface area (Å²) in [6, 6.07) is 0.244. The summed E-state index contributed by atoms with van der Waals surface area (Å²) in [5.41, 5.74) is 0.0853. The number of carbonyl (C=O) groups is 2. The van der Waals surface area contributed by atoms with E-state index in [0.29, 0.717) is 13.0 Å². The van der Waals surface area contributed by atoms with Gasteiger partial charge in [-0.05, 0) is 6.42 Å². The number of amides is 1. The Bertz CT molecular complexity index is 636. The van der Waals surface area contributed by atoms with Crippen molar-refractivity contribution in [1.29, 1.82) is 0 Å². The lowest BCUT2D eigenvalue weighted by atomic mass is 10.2. The van der Waals surface area contributed by atoms with Crippen molar-refractivity contribution in [2.45, 2.75) is 23.2 Å². The average molecular weight is 415 g/mol. The van der Waals surface area contributed by atoms with E-state index in [4.69, 9.17) is 9.84 Å². The number of aromatic nitrogens is 1. The van der Waals surface area contributed by atoms with Crippen LogP contribution in [0.2, 0.25) is 0 Å². The van der Waals surface area contributed by atoms with E-state index in [1.807, 2.05) is 4.90 Å². The molecule has 0 bridgehead atoms. The number of aromatic carboxylic acids is 1. The molecular weight excluding hydrogens is 388 g/mol. The lowest BCUT2D eigenvalue weighted by molar-refractivity contribution is -0.128. The molecule has 1 amide bonds. The van der Waals surface area contributed by atoms with Gasteiger partial charge >= 0.3 is 5.97 Å². The largest absolute Gasteiger partial charge is 0.476 e. The molecule has 2 fully saturated rings. The summed E-state index contributed by atoms with van der Waals surface area (Å²) in [5.74, 6) is -0.0697. The first-order chi connectivity index (χ1) is 13.1. The molecule has 10 heteroatoms. The summed E-state index contributed by atoms with van der Waals surface area (Å²) in [6.07, 6.45) is 1.51. The van der Waals surface area contributed by atoms with E-state index >= 15 is 0 Å². The number of hydrogen-bond acceptors (Lipinski definition) is 8. The van der Waals surface area contributed by atoms with Crippen LogP contribution in [-0.4, -0.2) is 96.0 Å². The summed E-state index contributed by atoms with van der Waals surface area (Å²) in [5, 5.41) is 14.0. The minimum atomic E-state index is -1.00. The van der Waals surface area contributed by atoms with Gasteiger partial charge in [0.1, 0.15) is 0 Å². The minimum absolute atomic E-state index is 0.0853. The van der Waals surface area contributed by atoms with Gasteiger partial charge in [-0.1, -0.05) is 11.8 Å². The maximum absolute atomic E-state index is 12.2. The van der Waals surface area contributed by atoms with Crippen LogP contribution in [0.4, 0.5) is 0 Å². The van der Waals surface area contributed by atoms with Crippen molar-refractivity contribution in [3.8, 4) is 0 Å². The Labute approximate surface area is 167 Å². The number of carboxylic acid groups (broad SMARTS) is 1. The van der Waals surface area contributed by atoms with Crippen molar-refractivity contribution >= 4 is 35.0 Å². The molecule has 2 aliphatic heterocycles. The average Bonchev–Trinajstić information content (AvgIpc) is 3.28. The van der Waals surface area contributed by atoms with E-state index < -0.39 is 5.97 Å². The van der Waals surface area contributed by atoms with E-state index in [1.165, 1.54) is 23.1 Å². The van der Waals surface area contributed by atoms with Gasteiger partial charge in [0.05, 0.1) is 13.2 Å². The number of carboxylic acids is 1. The molecule has 1 atom stereocenters. The van der Waals surface area contributed by atoms with E-state index in [1.54, 1.807) is 5.38 Å². The Morgan fingerprint density at radius 1 is 1.41 bits per heavy atom. The third kappa shape index (κ3) is 6.15. The van der Waals surface area contributed by atoms with Gasteiger partial charge in [-0.25, -0.2) is 9.78 Å². The maximum atomic E-state index is 12.2. The topological polar surface area (TPSA) is 95.0 Å². The van der Waals surface area contributed by atoms with Gasteiger partial charge in [-0.15, -0.1) is 11.3 Å². The Balaban J connectivity index is 1.36. The Hall–Kier alpha value is -1.20. The Morgan fingerprint density at radius 3 is 2.96 bits per heavy atom. The van der Waals surface area contributed by atoms with Gasteiger partial charge < -0.3 is 20.1 Å². The van der Waals surface area contributed by atoms with Crippen molar-refractivity contribution in [2.75, 3.05) is 58.2 Å². The number of hydrogen-bond donors (Lipinski definition) is 2. The van der Waals surface area contributed by atoms with Crippen LogP contribution in [0.15, 0.2) is 9.72 Å². The zero-order valence-electron chi connectivity index (χ0n) is 15.3. The van der Waals surface area contributed by atoms with Crippen LogP contribution in [-0.2, 0) is 9.53 Å². The predicted molar refractivity (Wildman–Crippen MR) is 105 cm³/mol. The number of ether oxygens (including phenoxy) is 1. The fraction of sp³-hybridized carbons (Fsp3) is 0.706. The van der Waals surface area contributed by atoms with Gasteiger partial charge in [0.15, 0.2) is 10.0 Å². The molecule has 0 saturated carbocycles. The third-order valence-corrected chi connectivity index (χ3v) is 6.80. The molecule has 2 aliphatic rings. The highest BCUT2D eigenvalue weighted by Gasteiger charge is 2.30. The van der Waals surface area contributed by atoms with Crippen LogP contribution in [0.5, 0.6) is 0 Å². The van der Waals surface area contributed by atoms with Crippen LogP contribution in [0, 0.1) is 0 Å². The van der Waals surface area contributed by atoms with Crippen LogP contribution < -0.4 is 5.32 Å². The molecule has 1 aromatic rings. The van der Waals surface area contributed by atoms with Gasteiger partial charge in [0, 0.05) is 62.9 Å². The molecule has 1 unspecified atom stereocenters. The van der Waals surface area contributed by atoms with E-state index in [2.05, 4.69) is 15.2 Å². The van der Waals surface area contributed by atoms with Crippen molar-refractivity contribution in [3.05, 3.63) is 11.1 Å². The Morgan fingerprint density at radius 2 is 2.22 bits per heavy atom. The van der Waals surface area contributed by atoms with Gasteiger partial charge in [-0.3, -0.25) is 9.69 Å². The standard InChI is InChI=1S/C17H26N4O4S2/c22-15-2-1-13(11-18-3-4-20-5-8-25-9-6-20)21(15)7-10-26-17-19-14(12-27-17)16(23)24/h12-13,18H,1-11H2,(H,23,24). The highest BCUT2D eigenvalue weighted by atomic mass is 32.2. The van der Waals surface area contributed by atoms with Crippen LogP contribution in [0.25, 0.3) is 0 Å². The summed E-state index contributed by atoms with van der Waals surface area (Å²) in [6.45, 7) is 7.04. The van der Waals surface area contributed by atoms with Gasteiger partial charge in [0.2, 0.25) is 5.91 Å². The first-order valence-corrected chi connectivity index (χ1v) is 11.1. The van der Waals surface area contributed by atoms with Gasteiger partial charge in [-0.2, -0.15) is 0 Å². The number of morpholine rings is 1. The predicted octanol–water partition coefficient (Wildman–Crippen LogP) is 0.846. The summed E-state index contributed by atoms with van der Waals surface area (Å²) in [7, 11) is 0. The fourth-order valence-corrected chi connectivity index (χ4v) is 5.11. The zero-order valence-corrected chi connectivity index (χ0v) is 16.9. The second-order valence-corrected chi connectivity index (χ2v) is 8.79. The summed E-state index contributed by atoms with van der Waals surface area (Å²) in [4.78, 5) is 31.5. The smallest absolute Gasteiger partial charge is 0.355 e. The SMILES string of the molecule is O=C(O)c1csc(SCCN2C(=O)CCC2CNCCN2CCOCC2)n1. The quantitative estimate of drug-likeness (QED) is 0.430. The molecule has 1 aromatic heterocycles. The number of nitrogens with one attached hydrogen (secondary N) is 1. The molecule has 0 spiro atoms. The van der Waals surface area contributed by atoms with E-state index in [-0.39, 0.29) is 17.6 Å². The lowest BCUT2D eigenvalue weighted by Crippen LogP contribution is -2.44. The normalized spacial score (nSPS) is 21.1. The van der Waals surface area contributed by atoms with Crippen molar-refractivity contribution in [1.82, 2.24) is 20.1 Å². The van der Waals surface area contributed by atoms with Gasteiger partial charge in [0.25, 0.3) is 0 Å². The first kappa shape index (κ1) is 20.5. The monoisotopic (exact) mass is 414 g/mol. The first-order valence-electron chi connectivity index (χ1n) is 9.25. The molecule has 150 valence electrons. The second kappa shape index (κ2) is 10.4. The molecule has 8 nitrogen and oxygen atoms in total.